The number of allylic oxidation sites excluding steroid dienone is 2. The SMILES string of the molecule is C=CC=CCNc1ccc(OC)cc1. The van der Waals surface area contributed by atoms with Gasteiger partial charge in [0.15, 0.2) is 0 Å². The van der Waals surface area contributed by atoms with Crippen LogP contribution in [0.3, 0.4) is 0 Å². The molecule has 2 heteroatoms. The fourth-order valence-electron chi connectivity index (χ4n) is 1.05. The van der Waals surface area contributed by atoms with E-state index in [0.717, 1.165) is 18.0 Å². The summed E-state index contributed by atoms with van der Waals surface area (Å²) < 4.78 is 5.06. The van der Waals surface area contributed by atoms with Gasteiger partial charge < -0.3 is 10.1 Å². The van der Waals surface area contributed by atoms with Crippen LogP contribution in [0.15, 0.2) is 49.1 Å². The van der Waals surface area contributed by atoms with Crippen LogP contribution in [0.1, 0.15) is 0 Å². The molecule has 1 N–H and O–H groups in total. The number of benzene rings is 1. The molecule has 0 unspecified atom stereocenters. The molecule has 2 nitrogen and oxygen atoms in total. The van der Waals surface area contributed by atoms with Crippen molar-refractivity contribution in [3.05, 3.63) is 49.1 Å². The molecular weight excluding hydrogens is 174 g/mol. The van der Waals surface area contributed by atoms with Gasteiger partial charge in [0, 0.05) is 12.2 Å². The molecule has 0 radical (unpaired) electrons. The van der Waals surface area contributed by atoms with Gasteiger partial charge in [0.1, 0.15) is 5.75 Å². The van der Waals surface area contributed by atoms with E-state index in [2.05, 4.69) is 11.9 Å². The molecule has 0 atom stereocenters. The Hall–Kier alpha value is -1.70. The zero-order valence-corrected chi connectivity index (χ0v) is 8.36. The monoisotopic (exact) mass is 189 g/mol. The lowest BCUT2D eigenvalue weighted by atomic mass is 10.3. The van der Waals surface area contributed by atoms with E-state index in [1.54, 1.807) is 13.2 Å². The molecule has 1 aromatic rings. The number of hydrogen-bond acceptors (Lipinski definition) is 2. The second-order valence-corrected chi connectivity index (χ2v) is 2.77. The first kappa shape index (κ1) is 10.4. The predicted molar refractivity (Wildman–Crippen MR) is 60.8 cm³/mol. The lowest BCUT2D eigenvalue weighted by Gasteiger charge is -2.04. The van der Waals surface area contributed by atoms with E-state index in [9.17, 15) is 0 Å². The summed E-state index contributed by atoms with van der Waals surface area (Å²) in [7, 11) is 1.66. The van der Waals surface area contributed by atoms with Crippen molar-refractivity contribution in [2.45, 2.75) is 0 Å². The van der Waals surface area contributed by atoms with Crippen molar-refractivity contribution >= 4 is 5.69 Å². The van der Waals surface area contributed by atoms with E-state index >= 15 is 0 Å². The van der Waals surface area contributed by atoms with Crippen LogP contribution in [0.25, 0.3) is 0 Å². The molecule has 14 heavy (non-hydrogen) atoms. The zero-order chi connectivity index (χ0) is 10.2. The first-order valence-electron chi connectivity index (χ1n) is 4.52. The highest BCUT2D eigenvalue weighted by molar-refractivity contribution is 5.46. The summed E-state index contributed by atoms with van der Waals surface area (Å²) in [4.78, 5) is 0. The standard InChI is InChI=1S/C12H15NO/c1-3-4-5-10-13-11-6-8-12(14-2)9-7-11/h3-9,13H,1,10H2,2H3. The molecule has 0 bridgehead atoms. The highest BCUT2D eigenvalue weighted by atomic mass is 16.5. The topological polar surface area (TPSA) is 21.3 Å². The largest absolute Gasteiger partial charge is 0.497 e. The van der Waals surface area contributed by atoms with E-state index in [0.29, 0.717) is 0 Å². The Morgan fingerprint density at radius 1 is 1.36 bits per heavy atom. The second kappa shape index (κ2) is 5.86. The van der Waals surface area contributed by atoms with Gasteiger partial charge in [0.05, 0.1) is 7.11 Å². The number of rotatable bonds is 5. The van der Waals surface area contributed by atoms with E-state index in [1.165, 1.54) is 0 Å². The number of ether oxygens (including phenoxy) is 1. The zero-order valence-electron chi connectivity index (χ0n) is 8.36. The number of hydrogen-bond donors (Lipinski definition) is 1. The molecule has 0 aliphatic heterocycles. The quantitative estimate of drug-likeness (QED) is 0.719. The van der Waals surface area contributed by atoms with Crippen LogP contribution in [0.2, 0.25) is 0 Å². The van der Waals surface area contributed by atoms with Crippen molar-refractivity contribution in [2.75, 3.05) is 19.0 Å². The molecule has 0 fully saturated rings. The van der Waals surface area contributed by atoms with E-state index < -0.39 is 0 Å². The molecule has 0 aliphatic carbocycles. The maximum atomic E-state index is 5.06. The first-order chi connectivity index (χ1) is 6.86. The van der Waals surface area contributed by atoms with Crippen molar-refractivity contribution in [1.82, 2.24) is 0 Å². The van der Waals surface area contributed by atoms with Gasteiger partial charge in [-0.3, -0.25) is 0 Å². The minimum atomic E-state index is 0.804. The summed E-state index contributed by atoms with van der Waals surface area (Å²) in [6.45, 7) is 4.40. The van der Waals surface area contributed by atoms with E-state index in [1.807, 2.05) is 36.4 Å². The Morgan fingerprint density at radius 2 is 2.07 bits per heavy atom. The number of anilines is 1. The smallest absolute Gasteiger partial charge is 0.119 e. The maximum Gasteiger partial charge on any atom is 0.119 e. The molecule has 0 aliphatic rings. The molecule has 0 aromatic heterocycles. The van der Waals surface area contributed by atoms with Gasteiger partial charge in [0.2, 0.25) is 0 Å². The molecule has 0 saturated heterocycles. The lowest BCUT2D eigenvalue weighted by molar-refractivity contribution is 0.415. The first-order valence-corrected chi connectivity index (χ1v) is 4.52. The highest BCUT2D eigenvalue weighted by Crippen LogP contribution is 2.14. The van der Waals surface area contributed by atoms with Gasteiger partial charge in [-0.25, -0.2) is 0 Å². The third-order valence-electron chi connectivity index (χ3n) is 1.79. The Labute approximate surface area is 84.9 Å². The fraction of sp³-hybridized carbons (Fsp3) is 0.167. The molecule has 1 rings (SSSR count). The minimum Gasteiger partial charge on any atom is -0.497 e. The van der Waals surface area contributed by atoms with Crippen LogP contribution in [-0.2, 0) is 0 Å². The Kier molecular flexibility index (Phi) is 4.35. The van der Waals surface area contributed by atoms with Crippen LogP contribution in [-0.4, -0.2) is 13.7 Å². The fourth-order valence-corrected chi connectivity index (χ4v) is 1.05. The van der Waals surface area contributed by atoms with Gasteiger partial charge >= 0.3 is 0 Å². The third kappa shape index (κ3) is 3.35. The van der Waals surface area contributed by atoms with Gasteiger partial charge in [-0.15, -0.1) is 0 Å². The van der Waals surface area contributed by atoms with Crippen molar-refractivity contribution in [3.63, 3.8) is 0 Å². The summed E-state index contributed by atoms with van der Waals surface area (Å²) in [6.07, 6.45) is 5.68. The average molecular weight is 189 g/mol. The highest BCUT2D eigenvalue weighted by Gasteiger charge is 1.90. The molecule has 0 heterocycles. The summed E-state index contributed by atoms with van der Waals surface area (Å²) in [5, 5.41) is 3.24. The summed E-state index contributed by atoms with van der Waals surface area (Å²) in [6, 6.07) is 7.83. The summed E-state index contributed by atoms with van der Waals surface area (Å²) in [5.74, 6) is 0.872. The Balaban J connectivity index is 2.43. The molecule has 0 saturated carbocycles. The van der Waals surface area contributed by atoms with Crippen LogP contribution in [0, 0.1) is 0 Å². The molecule has 0 spiro atoms. The van der Waals surface area contributed by atoms with Gasteiger partial charge in [0.25, 0.3) is 0 Å². The third-order valence-corrected chi connectivity index (χ3v) is 1.79. The Morgan fingerprint density at radius 3 is 2.64 bits per heavy atom. The van der Waals surface area contributed by atoms with Gasteiger partial charge in [-0.2, -0.15) is 0 Å². The van der Waals surface area contributed by atoms with Crippen molar-refractivity contribution in [2.24, 2.45) is 0 Å². The lowest BCUT2D eigenvalue weighted by Crippen LogP contribution is -1.97. The molecule has 1 aromatic carbocycles. The van der Waals surface area contributed by atoms with Crippen LogP contribution in [0.5, 0.6) is 5.75 Å². The molecule has 74 valence electrons. The van der Waals surface area contributed by atoms with Gasteiger partial charge in [-0.05, 0) is 24.3 Å². The summed E-state index contributed by atoms with van der Waals surface area (Å²) >= 11 is 0. The molecule has 0 amide bonds. The predicted octanol–water partition coefficient (Wildman–Crippen LogP) is 2.85. The van der Waals surface area contributed by atoms with Gasteiger partial charge in [-0.1, -0.05) is 24.8 Å². The number of methoxy groups -OCH3 is 1. The van der Waals surface area contributed by atoms with E-state index in [-0.39, 0.29) is 0 Å². The molecular formula is C12H15NO. The minimum absolute atomic E-state index is 0.804. The maximum absolute atomic E-state index is 5.06. The van der Waals surface area contributed by atoms with Crippen molar-refractivity contribution < 1.29 is 4.74 Å². The van der Waals surface area contributed by atoms with Crippen LogP contribution < -0.4 is 10.1 Å². The van der Waals surface area contributed by atoms with Crippen LogP contribution in [0.4, 0.5) is 5.69 Å². The number of nitrogens with one attached hydrogen (secondary N) is 1. The Bertz CT molecular complexity index is 301. The van der Waals surface area contributed by atoms with Crippen molar-refractivity contribution in [1.29, 1.82) is 0 Å². The summed E-state index contributed by atoms with van der Waals surface area (Å²) in [5.41, 5.74) is 1.08. The average Bonchev–Trinajstić information content (AvgIpc) is 2.25. The van der Waals surface area contributed by atoms with Crippen LogP contribution >= 0.6 is 0 Å². The van der Waals surface area contributed by atoms with E-state index in [4.69, 9.17) is 4.74 Å². The second-order valence-electron chi connectivity index (χ2n) is 2.77. The normalized spacial score (nSPS) is 10.1. The van der Waals surface area contributed by atoms with Crippen molar-refractivity contribution in [3.8, 4) is 5.75 Å².